The first-order valence-corrected chi connectivity index (χ1v) is 7.84. The van der Waals surface area contributed by atoms with Gasteiger partial charge in [0.25, 0.3) is 0 Å². The van der Waals surface area contributed by atoms with Gasteiger partial charge in [0.1, 0.15) is 4.99 Å². The maximum atomic E-state index is 5.90. The van der Waals surface area contributed by atoms with Gasteiger partial charge >= 0.3 is 0 Å². The van der Waals surface area contributed by atoms with Gasteiger partial charge in [0.2, 0.25) is 0 Å². The second-order valence-electron chi connectivity index (χ2n) is 5.69. The van der Waals surface area contributed by atoms with E-state index in [0.29, 0.717) is 4.99 Å². The summed E-state index contributed by atoms with van der Waals surface area (Å²) in [4.78, 5) is 2.71. The highest BCUT2D eigenvalue weighted by Gasteiger charge is 2.24. The molecule has 2 heterocycles. The fourth-order valence-corrected chi connectivity index (χ4v) is 3.20. The first kappa shape index (κ1) is 15.2. The lowest BCUT2D eigenvalue weighted by atomic mass is 9.92. The van der Waals surface area contributed by atoms with Crippen LogP contribution in [0.25, 0.3) is 0 Å². The van der Waals surface area contributed by atoms with Crippen molar-refractivity contribution in [3.8, 4) is 0 Å². The molecule has 1 fully saturated rings. The summed E-state index contributed by atoms with van der Waals surface area (Å²) in [6.45, 7) is 8.27. The molecule has 110 valence electrons. The van der Waals surface area contributed by atoms with E-state index in [1.54, 1.807) is 0 Å². The molecule has 0 bridgehead atoms. The summed E-state index contributed by atoms with van der Waals surface area (Å²) < 4.78 is 0. The Kier molecular flexibility index (Phi) is 4.91. The molecule has 0 aromatic carbocycles. The summed E-state index contributed by atoms with van der Waals surface area (Å²) in [6.07, 6.45) is 5.04. The van der Waals surface area contributed by atoms with E-state index in [2.05, 4.69) is 22.0 Å². The zero-order valence-corrected chi connectivity index (χ0v) is 13.5. The Bertz CT molecular complexity index is 493. The van der Waals surface area contributed by atoms with Crippen molar-refractivity contribution in [1.29, 1.82) is 0 Å². The van der Waals surface area contributed by atoms with E-state index in [1.807, 2.05) is 13.8 Å². The molecular formula is C15H24N4S. The number of hydrogen-bond acceptors (Lipinski definition) is 4. The van der Waals surface area contributed by atoms with Gasteiger partial charge in [-0.1, -0.05) is 32.0 Å². The molecule has 20 heavy (non-hydrogen) atoms. The molecule has 1 aliphatic rings. The number of hydrogen-bond donors (Lipinski definition) is 1. The SMILES string of the molecule is CCCC1CCN(c2nnc(C)c(C)c2C(N)=S)CC1. The number of nitrogens with zero attached hydrogens (tertiary/aromatic N) is 3. The van der Waals surface area contributed by atoms with Crippen molar-refractivity contribution in [2.75, 3.05) is 18.0 Å². The minimum absolute atomic E-state index is 0.422. The van der Waals surface area contributed by atoms with Crippen LogP contribution in [0, 0.1) is 19.8 Å². The Morgan fingerprint density at radius 3 is 2.50 bits per heavy atom. The van der Waals surface area contributed by atoms with Crippen LogP contribution in [-0.4, -0.2) is 28.3 Å². The number of rotatable bonds is 4. The number of piperidine rings is 1. The molecule has 0 spiro atoms. The summed E-state index contributed by atoms with van der Waals surface area (Å²) in [5, 5.41) is 8.61. The topological polar surface area (TPSA) is 55.0 Å². The molecule has 0 saturated carbocycles. The third-order valence-corrected chi connectivity index (χ3v) is 4.50. The Balaban J connectivity index is 2.22. The molecule has 1 aliphatic heterocycles. The van der Waals surface area contributed by atoms with Crippen LogP contribution < -0.4 is 10.6 Å². The molecule has 2 rings (SSSR count). The van der Waals surface area contributed by atoms with Crippen molar-refractivity contribution < 1.29 is 0 Å². The first-order chi connectivity index (χ1) is 9.54. The molecule has 0 aliphatic carbocycles. The average Bonchev–Trinajstić information content (AvgIpc) is 2.42. The second kappa shape index (κ2) is 6.48. The van der Waals surface area contributed by atoms with E-state index < -0.39 is 0 Å². The number of thiocarbonyl (C=S) groups is 1. The lowest BCUT2D eigenvalue weighted by molar-refractivity contribution is 0.377. The van der Waals surface area contributed by atoms with Crippen molar-refractivity contribution in [2.45, 2.75) is 46.5 Å². The average molecular weight is 292 g/mol. The van der Waals surface area contributed by atoms with E-state index in [1.165, 1.54) is 25.7 Å². The number of aromatic nitrogens is 2. The Morgan fingerprint density at radius 1 is 1.30 bits per heavy atom. The normalized spacial score (nSPS) is 16.4. The standard InChI is InChI=1S/C15H24N4S/c1-4-5-12-6-8-19(9-7-12)15-13(14(16)20)10(2)11(3)17-18-15/h12H,4-9H2,1-3H3,(H2,16,20). The highest BCUT2D eigenvalue weighted by atomic mass is 32.1. The maximum absolute atomic E-state index is 5.90. The van der Waals surface area contributed by atoms with Crippen LogP contribution >= 0.6 is 12.2 Å². The molecule has 5 heteroatoms. The zero-order valence-electron chi connectivity index (χ0n) is 12.6. The van der Waals surface area contributed by atoms with E-state index in [-0.39, 0.29) is 0 Å². The molecule has 1 aromatic rings. The predicted molar refractivity (Wildman–Crippen MR) is 87.2 cm³/mol. The zero-order chi connectivity index (χ0) is 14.7. The minimum atomic E-state index is 0.422. The van der Waals surface area contributed by atoms with Crippen LogP contribution in [0.15, 0.2) is 0 Å². The second-order valence-corrected chi connectivity index (χ2v) is 6.13. The molecule has 4 nitrogen and oxygen atoms in total. The van der Waals surface area contributed by atoms with Gasteiger partial charge in [-0.05, 0) is 38.2 Å². The number of anilines is 1. The summed E-state index contributed by atoms with van der Waals surface area (Å²) in [5.74, 6) is 1.72. The monoisotopic (exact) mass is 292 g/mol. The summed E-state index contributed by atoms with van der Waals surface area (Å²) in [6, 6.07) is 0. The van der Waals surface area contributed by atoms with Crippen LogP contribution in [0.2, 0.25) is 0 Å². The van der Waals surface area contributed by atoms with Crippen LogP contribution in [-0.2, 0) is 0 Å². The van der Waals surface area contributed by atoms with Gasteiger partial charge in [0.05, 0.1) is 11.3 Å². The van der Waals surface area contributed by atoms with Gasteiger partial charge in [-0.2, -0.15) is 5.10 Å². The van der Waals surface area contributed by atoms with E-state index in [9.17, 15) is 0 Å². The highest BCUT2D eigenvalue weighted by molar-refractivity contribution is 7.80. The summed E-state index contributed by atoms with van der Waals surface area (Å²) in [5.41, 5.74) is 8.76. The summed E-state index contributed by atoms with van der Waals surface area (Å²) >= 11 is 5.21. The largest absolute Gasteiger partial charge is 0.389 e. The Hall–Kier alpha value is -1.23. The maximum Gasteiger partial charge on any atom is 0.161 e. The van der Waals surface area contributed by atoms with Gasteiger partial charge in [0.15, 0.2) is 5.82 Å². The lowest BCUT2D eigenvalue weighted by Gasteiger charge is -2.33. The first-order valence-electron chi connectivity index (χ1n) is 7.43. The quantitative estimate of drug-likeness (QED) is 0.865. The fraction of sp³-hybridized carbons (Fsp3) is 0.667. The van der Waals surface area contributed by atoms with Gasteiger partial charge in [-0.25, -0.2) is 0 Å². The predicted octanol–water partition coefficient (Wildman–Crippen LogP) is 2.74. The number of nitrogens with two attached hydrogens (primary N) is 1. The molecule has 0 radical (unpaired) electrons. The van der Waals surface area contributed by atoms with Crippen molar-refractivity contribution in [3.63, 3.8) is 0 Å². The van der Waals surface area contributed by atoms with Gasteiger partial charge < -0.3 is 10.6 Å². The van der Waals surface area contributed by atoms with Crippen molar-refractivity contribution in [2.24, 2.45) is 11.7 Å². The van der Waals surface area contributed by atoms with E-state index >= 15 is 0 Å². The molecule has 2 N–H and O–H groups in total. The minimum Gasteiger partial charge on any atom is -0.389 e. The van der Waals surface area contributed by atoms with Crippen LogP contribution in [0.1, 0.15) is 49.4 Å². The van der Waals surface area contributed by atoms with Gasteiger partial charge in [0, 0.05) is 13.1 Å². The lowest BCUT2D eigenvalue weighted by Crippen LogP contribution is -2.36. The van der Waals surface area contributed by atoms with Crippen molar-refractivity contribution in [3.05, 3.63) is 16.8 Å². The van der Waals surface area contributed by atoms with Crippen LogP contribution in [0.4, 0.5) is 5.82 Å². The molecular weight excluding hydrogens is 268 g/mol. The van der Waals surface area contributed by atoms with Crippen molar-refractivity contribution >= 4 is 23.0 Å². The Labute approximate surface area is 126 Å². The van der Waals surface area contributed by atoms with Crippen LogP contribution in [0.3, 0.4) is 0 Å². The summed E-state index contributed by atoms with van der Waals surface area (Å²) in [7, 11) is 0. The molecule has 0 amide bonds. The smallest absolute Gasteiger partial charge is 0.161 e. The van der Waals surface area contributed by atoms with Crippen molar-refractivity contribution in [1.82, 2.24) is 10.2 Å². The third kappa shape index (κ3) is 3.08. The Morgan fingerprint density at radius 2 is 1.95 bits per heavy atom. The van der Waals surface area contributed by atoms with E-state index in [0.717, 1.165) is 41.6 Å². The van der Waals surface area contributed by atoms with Gasteiger partial charge in [-0.15, -0.1) is 5.10 Å². The van der Waals surface area contributed by atoms with Crippen LogP contribution in [0.5, 0.6) is 0 Å². The molecule has 1 aromatic heterocycles. The fourth-order valence-electron chi connectivity index (χ4n) is 2.95. The molecule has 0 unspecified atom stereocenters. The van der Waals surface area contributed by atoms with E-state index in [4.69, 9.17) is 18.0 Å². The third-order valence-electron chi connectivity index (χ3n) is 4.29. The molecule has 0 atom stereocenters. The highest BCUT2D eigenvalue weighted by Crippen LogP contribution is 2.28. The van der Waals surface area contributed by atoms with Gasteiger partial charge in [-0.3, -0.25) is 0 Å². The number of aryl methyl sites for hydroxylation is 1. The molecule has 1 saturated heterocycles.